The van der Waals surface area contributed by atoms with Gasteiger partial charge in [-0.2, -0.15) is 4.31 Å². The second-order valence-electron chi connectivity index (χ2n) is 13.1. The molecule has 256 valence electrons. The van der Waals surface area contributed by atoms with Gasteiger partial charge in [-0.25, -0.2) is 8.42 Å². The minimum Gasteiger partial charge on any atom is -0.454 e. The summed E-state index contributed by atoms with van der Waals surface area (Å²) in [6.45, 7) is 14.0. The third-order valence-corrected chi connectivity index (χ3v) is 9.65. The fourth-order valence-electron chi connectivity index (χ4n) is 5.44. The van der Waals surface area contributed by atoms with Gasteiger partial charge in [-0.05, 0) is 54.8 Å². The van der Waals surface area contributed by atoms with Crippen molar-refractivity contribution in [3.8, 4) is 11.5 Å². The van der Waals surface area contributed by atoms with Gasteiger partial charge in [-0.1, -0.05) is 78.8 Å². The smallest absolute Gasteiger partial charge is 0.243 e. The predicted molar refractivity (Wildman–Crippen MR) is 178 cm³/mol. The Labute approximate surface area is 274 Å². The number of carbonyl (C=O) groups excluding carboxylic acids is 2. The largest absolute Gasteiger partial charge is 0.454 e. The van der Waals surface area contributed by atoms with Gasteiger partial charge in [0.2, 0.25) is 28.6 Å². The van der Waals surface area contributed by atoms with Crippen molar-refractivity contribution in [2.45, 2.75) is 96.9 Å². The molecule has 2 aliphatic heterocycles. The van der Waals surface area contributed by atoms with Crippen molar-refractivity contribution in [1.82, 2.24) is 20.3 Å². The fraction of sp³-hybridized carbons (Fsp3) is 0.588. The number of carbonyl (C=O) groups is 2. The molecule has 1 fully saturated rings. The summed E-state index contributed by atoms with van der Waals surface area (Å²) in [5, 5.41) is 20.7. The van der Waals surface area contributed by atoms with Crippen molar-refractivity contribution in [1.29, 1.82) is 0 Å². The summed E-state index contributed by atoms with van der Waals surface area (Å²) >= 11 is 0. The Kier molecular flexibility index (Phi) is 13.4. The molecule has 0 bridgehead atoms. The molecule has 11 nitrogen and oxygen atoms in total. The maximum Gasteiger partial charge on any atom is 0.243 e. The van der Waals surface area contributed by atoms with Crippen molar-refractivity contribution >= 4 is 21.8 Å². The summed E-state index contributed by atoms with van der Waals surface area (Å²) < 4.78 is 39.7. The Hall–Kier alpha value is -3.19. The SMILES string of the molecule is CC.CC(C)CN(C[C@@H](O)[C@H](Cc1ccccc1)NC(=O)[C@@H](NC(=O)C1CCCN1)C(C)(C)C)S(=O)(=O)c1ccc2c(c1)OCO2. The van der Waals surface area contributed by atoms with E-state index in [1.807, 2.05) is 78.8 Å². The molecule has 2 aromatic carbocycles. The van der Waals surface area contributed by atoms with Gasteiger partial charge in [0.1, 0.15) is 6.04 Å². The van der Waals surface area contributed by atoms with Crippen molar-refractivity contribution < 1.29 is 32.6 Å². The zero-order chi connectivity index (χ0) is 34.1. The maximum absolute atomic E-state index is 13.9. The molecule has 0 aromatic heterocycles. The summed E-state index contributed by atoms with van der Waals surface area (Å²) in [5.74, 6) is 0.0778. The number of aliphatic hydroxyl groups is 1. The van der Waals surface area contributed by atoms with E-state index in [-0.39, 0.29) is 49.1 Å². The molecule has 2 aromatic rings. The van der Waals surface area contributed by atoms with E-state index in [0.29, 0.717) is 17.9 Å². The minimum absolute atomic E-state index is 0.0152. The lowest BCUT2D eigenvalue weighted by atomic mass is 9.85. The number of rotatable bonds is 13. The van der Waals surface area contributed by atoms with Crippen molar-refractivity contribution in [2.24, 2.45) is 11.3 Å². The summed E-state index contributed by atoms with van der Waals surface area (Å²) in [7, 11) is -4.05. The van der Waals surface area contributed by atoms with E-state index in [4.69, 9.17) is 9.47 Å². The van der Waals surface area contributed by atoms with Crippen LogP contribution in [0, 0.1) is 11.3 Å². The van der Waals surface area contributed by atoms with Crippen molar-refractivity contribution in [3.05, 3.63) is 54.1 Å². The number of sulfonamides is 1. The average molecular weight is 661 g/mol. The van der Waals surface area contributed by atoms with Crippen LogP contribution in [-0.2, 0) is 26.0 Å². The molecule has 4 N–H and O–H groups in total. The molecule has 4 rings (SSSR count). The zero-order valence-electron chi connectivity index (χ0n) is 28.2. The number of amides is 2. The number of nitrogens with one attached hydrogen (secondary N) is 3. The van der Waals surface area contributed by atoms with E-state index in [9.17, 15) is 23.1 Å². The van der Waals surface area contributed by atoms with Crippen molar-refractivity contribution in [2.75, 3.05) is 26.4 Å². The second kappa shape index (κ2) is 16.6. The maximum atomic E-state index is 13.9. The van der Waals surface area contributed by atoms with Gasteiger partial charge < -0.3 is 30.5 Å². The van der Waals surface area contributed by atoms with Crippen LogP contribution in [0.15, 0.2) is 53.4 Å². The molecular weight excluding hydrogens is 608 g/mol. The van der Waals surface area contributed by atoms with Gasteiger partial charge in [0.15, 0.2) is 11.5 Å². The van der Waals surface area contributed by atoms with Crippen LogP contribution in [0.1, 0.15) is 66.9 Å². The molecule has 0 radical (unpaired) electrons. The van der Waals surface area contributed by atoms with Gasteiger partial charge in [-0.3, -0.25) is 9.59 Å². The first kappa shape index (κ1) is 37.3. The van der Waals surface area contributed by atoms with Gasteiger partial charge in [-0.15, -0.1) is 0 Å². The van der Waals surface area contributed by atoms with E-state index in [1.54, 1.807) is 6.07 Å². The number of hydrogen-bond acceptors (Lipinski definition) is 8. The number of fused-ring (bicyclic) bond motifs is 1. The standard InChI is InChI=1S/C32H46N4O7S.C2H6/c1-21(2)18-36(44(40,41)23-13-14-27-28(17-23)43-20-42-27)19-26(37)25(16-22-10-7-6-8-11-22)34-31(39)29(32(3,4)5)35-30(38)24-12-9-15-33-24;1-2/h6-8,10-11,13-14,17,21,24-26,29,33,37H,9,12,15-16,18-20H2,1-5H3,(H,34,39)(H,35,38);1-2H3/t24?,25-,26+,29+;/m0./s1. The molecule has 2 heterocycles. The van der Waals surface area contributed by atoms with Crippen LogP contribution in [-0.4, -0.2) is 80.3 Å². The molecule has 2 aliphatic rings. The fourth-order valence-corrected chi connectivity index (χ4v) is 7.08. The van der Waals surface area contributed by atoms with E-state index in [2.05, 4.69) is 16.0 Å². The lowest BCUT2D eigenvalue weighted by Crippen LogP contribution is -2.60. The van der Waals surface area contributed by atoms with Crippen LogP contribution in [0.25, 0.3) is 0 Å². The summed E-state index contributed by atoms with van der Waals surface area (Å²) in [6, 6.07) is 11.7. The third-order valence-electron chi connectivity index (χ3n) is 7.82. The normalized spacial score (nSPS) is 18.0. The minimum atomic E-state index is -4.05. The molecule has 2 amide bonds. The average Bonchev–Trinajstić information content (AvgIpc) is 3.72. The van der Waals surface area contributed by atoms with Crippen LogP contribution >= 0.6 is 0 Å². The molecular formula is C34H52N4O7S. The molecule has 0 aliphatic carbocycles. The van der Waals surface area contributed by atoms with E-state index in [0.717, 1.165) is 18.5 Å². The zero-order valence-corrected chi connectivity index (χ0v) is 29.0. The van der Waals surface area contributed by atoms with Gasteiger partial charge in [0, 0.05) is 19.2 Å². The van der Waals surface area contributed by atoms with E-state index >= 15 is 0 Å². The predicted octanol–water partition coefficient (Wildman–Crippen LogP) is 3.46. The monoisotopic (exact) mass is 660 g/mol. The topological polar surface area (TPSA) is 146 Å². The Morgan fingerprint density at radius 3 is 2.30 bits per heavy atom. The quantitative estimate of drug-likeness (QED) is 0.256. The van der Waals surface area contributed by atoms with E-state index < -0.39 is 39.5 Å². The first-order chi connectivity index (χ1) is 21.8. The number of benzene rings is 2. The number of aliphatic hydroxyl groups excluding tert-OH is 1. The molecule has 1 unspecified atom stereocenters. The lowest BCUT2D eigenvalue weighted by molar-refractivity contribution is -0.133. The van der Waals surface area contributed by atoms with E-state index in [1.165, 1.54) is 16.4 Å². The van der Waals surface area contributed by atoms with Gasteiger partial charge >= 0.3 is 0 Å². The molecule has 12 heteroatoms. The Balaban J connectivity index is 0.00000282. The Morgan fingerprint density at radius 2 is 1.70 bits per heavy atom. The van der Waals surface area contributed by atoms with Crippen LogP contribution < -0.4 is 25.4 Å². The third kappa shape index (κ3) is 9.90. The van der Waals surface area contributed by atoms with Crippen LogP contribution in [0.2, 0.25) is 0 Å². The second-order valence-corrected chi connectivity index (χ2v) is 15.0. The Bertz CT molecular complexity index is 1390. The number of ether oxygens (including phenoxy) is 2. The number of nitrogens with zero attached hydrogens (tertiary/aromatic N) is 1. The summed E-state index contributed by atoms with van der Waals surface area (Å²) in [4.78, 5) is 26.8. The molecule has 4 atom stereocenters. The highest BCUT2D eigenvalue weighted by Gasteiger charge is 2.38. The molecule has 0 saturated carbocycles. The molecule has 0 spiro atoms. The highest BCUT2D eigenvalue weighted by molar-refractivity contribution is 7.89. The first-order valence-electron chi connectivity index (χ1n) is 16.2. The Morgan fingerprint density at radius 1 is 1.02 bits per heavy atom. The molecule has 1 saturated heterocycles. The van der Waals surface area contributed by atoms with Crippen LogP contribution in [0.3, 0.4) is 0 Å². The lowest BCUT2D eigenvalue weighted by Gasteiger charge is -2.35. The van der Waals surface area contributed by atoms with Crippen LogP contribution in [0.5, 0.6) is 11.5 Å². The van der Waals surface area contributed by atoms with Crippen molar-refractivity contribution in [3.63, 3.8) is 0 Å². The first-order valence-corrected chi connectivity index (χ1v) is 17.7. The highest BCUT2D eigenvalue weighted by Crippen LogP contribution is 2.35. The number of hydrogen-bond donors (Lipinski definition) is 4. The van der Waals surface area contributed by atoms with Crippen LogP contribution in [0.4, 0.5) is 0 Å². The van der Waals surface area contributed by atoms with Gasteiger partial charge in [0.05, 0.1) is 23.1 Å². The highest BCUT2D eigenvalue weighted by atomic mass is 32.2. The molecule has 46 heavy (non-hydrogen) atoms. The van der Waals surface area contributed by atoms with Gasteiger partial charge in [0.25, 0.3) is 0 Å². The summed E-state index contributed by atoms with van der Waals surface area (Å²) in [5.41, 5.74) is 0.227. The summed E-state index contributed by atoms with van der Waals surface area (Å²) in [6.07, 6.45) is 0.568.